The number of carbonyl (C=O) groups is 2. The Kier molecular flexibility index (Phi) is 10.1. The lowest BCUT2D eigenvalue weighted by Gasteiger charge is -2.24. The van der Waals surface area contributed by atoms with Gasteiger partial charge >= 0.3 is 6.18 Å². The van der Waals surface area contributed by atoms with Gasteiger partial charge in [0.15, 0.2) is 0 Å². The van der Waals surface area contributed by atoms with E-state index in [1.165, 1.54) is 0 Å². The topological polar surface area (TPSA) is 116 Å². The second kappa shape index (κ2) is 12.6. The van der Waals surface area contributed by atoms with Crippen molar-refractivity contribution in [2.75, 3.05) is 17.6 Å². The molecule has 0 bridgehead atoms. The Balaban J connectivity index is 1.97. The Morgan fingerprint density at radius 3 is 2.43 bits per heavy atom. The van der Waals surface area contributed by atoms with Crippen LogP contribution in [0.4, 0.5) is 24.5 Å². The zero-order chi connectivity index (χ0) is 26.2. The summed E-state index contributed by atoms with van der Waals surface area (Å²) in [5, 5.41) is 18.6. The monoisotopic (exact) mass is 494 g/mol. The lowest BCUT2D eigenvalue weighted by Crippen LogP contribution is -2.49. The van der Waals surface area contributed by atoms with E-state index in [1.807, 2.05) is 32.9 Å². The predicted molar refractivity (Wildman–Crippen MR) is 130 cm³/mol. The molecule has 0 aliphatic heterocycles. The zero-order valence-electron chi connectivity index (χ0n) is 20.1. The zero-order valence-corrected chi connectivity index (χ0v) is 20.1. The summed E-state index contributed by atoms with van der Waals surface area (Å²) in [5.41, 5.74) is 7.77. The van der Waals surface area contributed by atoms with E-state index in [0.717, 1.165) is 34.9 Å². The number of nitrogen functional groups attached to an aromatic ring is 1. The molecule has 0 radical (unpaired) electrons. The number of halogens is 3. The van der Waals surface area contributed by atoms with Crippen LogP contribution in [0, 0.1) is 13.8 Å². The number of carbonyl (C=O) groups excluding carboxylic acids is 2. The molecular formula is C25H33F3N4O3. The number of anilines is 2. The van der Waals surface area contributed by atoms with Gasteiger partial charge in [-0.2, -0.15) is 13.2 Å². The van der Waals surface area contributed by atoms with Gasteiger partial charge in [-0.1, -0.05) is 37.1 Å². The Bertz CT molecular complexity index is 1030. The number of aryl methyl sites for hydroxylation is 2. The van der Waals surface area contributed by atoms with E-state index in [4.69, 9.17) is 5.73 Å². The quantitative estimate of drug-likeness (QED) is 0.241. The third-order valence-electron chi connectivity index (χ3n) is 5.55. The van der Waals surface area contributed by atoms with Crippen LogP contribution in [0.25, 0.3) is 0 Å². The highest BCUT2D eigenvalue weighted by molar-refractivity contribution is 6.04. The average molecular weight is 495 g/mol. The molecule has 0 saturated carbocycles. The normalized spacial score (nSPS) is 13.2. The summed E-state index contributed by atoms with van der Waals surface area (Å²) < 4.78 is 38.8. The Hall–Kier alpha value is -3.11. The van der Waals surface area contributed by atoms with Gasteiger partial charge in [-0.15, -0.1) is 0 Å². The summed E-state index contributed by atoms with van der Waals surface area (Å²) in [6.45, 7) is 6.71. The molecular weight excluding hydrogens is 461 g/mol. The predicted octanol–water partition coefficient (Wildman–Crippen LogP) is 3.67. The molecule has 2 atom stereocenters. The minimum atomic E-state index is -4.60. The van der Waals surface area contributed by atoms with E-state index in [-0.39, 0.29) is 17.9 Å². The third-order valence-corrected chi connectivity index (χ3v) is 5.55. The van der Waals surface area contributed by atoms with Crippen molar-refractivity contribution >= 4 is 23.2 Å². The summed E-state index contributed by atoms with van der Waals surface area (Å²) in [4.78, 5) is 24.8. The van der Waals surface area contributed by atoms with Crippen molar-refractivity contribution in [2.24, 2.45) is 0 Å². The van der Waals surface area contributed by atoms with E-state index in [9.17, 15) is 27.9 Å². The lowest BCUT2D eigenvalue weighted by molar-refractivity contribution is -0.137. The molecule has 0 aliphatic carbocycles. The van der Waals surface area contributed by atoms with Crippen LogP contribution in [0.3, 0.4) is 0 Å². The molecule has 10 heteroatoms. The molecule has 2 aromatic carbocycles. The Morgan fingerprint density at radius 1 is 1.09 bits per heavy atom. The van der Waals surface area contributed by atoms with Gasteiger partial charge in [-0.05, 0) is 49.6 Å². The number of aliphatic hydroxyl groups excluding tert-OH is 1. The summed E-state index contributed by atoms with van der Waals surface area (Å²) in [6, 6.07) is 8.00. The van der Waals surface area contributed by atoms with Gasteiger partial charge in [-0.25, -0.2) is 0 Å². The number of alkyl halides is 3. The number of rotatable bonds is 11. The summed E-state index contributed by atoms with van der Waals surface area (Å²) in [6.07, 6.45) is -4.93. The largest absolute Gasteiger partial charge is 0.416 e. The summed E-state index contributed by atoms with van der Waals surface area (Å²) in [5.74, 6) is -1.48. The van der Waals surface area contributed by atoms with Crippen molar-refractivity contribution in [1.82, 2.24) is 10.6 Å². The van der Waals surface area contributed by atoms with Gasteiger partial charge in [0, 0.05) is 13.1 Å². The van der Waals surface area contributed by atoms with Crippen molar-refractivity contribution in [3.63, 3.8) is 0 Å². The maximum atomic E-state index is 12.9. The highest BCUT2D eigenvalue weighted by Gasteiger charge is 2.31. The van der Waals surface area contributed by atoms with Crippen LogP contribution < -0.4 is 21.7 Å². The highest BCUT2D eigenvalue weighted by Crippen LogP contribution is 2.33. The van der Waals surface area contributed by atoms with E-state index >= 15 is 0 Å². The summed E-state index contributed by atoms with van der Waals surface area (Å²) >= 11 is 0. The first-order chi connectivity index (χ1) is 16.4. The van der Waals surface area contributed by atoms with Gasteiger partial charge in [0.2, 0.25) is 11.8 Å². The molecule has 0 saturated heterocycles. The molecule has 7 nitrogen and oxygen atoms in total. The van der Waals surface area contributed by atoms with Crippen molar-refractivity contribution in [1.29, 1.82) is 0 Å². The SMILES string of the molecule is CCC[C@H](O)[C@H](CNCc1ccc(C)cc1C)NC(=O)CC(=O)Nc1cc(C(F)(F)F)ccc1N. The molecule has 2 aromatic rings. The maximum absolute atomic E-state index is 12.9. The first-order valence-corrected chi connectivity index (χ1v) is 11.4. The second-order valence-electron chi connectivity index (χ2n) is 8.62. The van der Waals surface area contributed by atoms with Gasteiger partial charge in [0.1, 0.15) is 6.42 Å². The van der Waals surface area contributed by atoms with Crippen LogP contribution in [0.5, 0.6) is 0 Å². The molecule has 0 fully saturated rings. The number of nitrogens with two attached hydrogens (primary N) is 1. The Morgan fingerprint density at radius 2 is 1.80 bits per heavy atom. The molecule has 0 unspecified atom stereocenters. The molecule has 6 N–H and O–H groups in total. The van der Waals surface area contributed by atoms with Crippen LogP contribution in [-0.2, 0) is 22.3 Å². The lowest BCUT2D eigenvalue weighted by atomic mass is 10.0. The minimum Gasteiger partial charge on any atom is -0.397 e. The molecule has 35 heavy (non-hydrogen) atoms. The van der Waals surface area contributed by atoms with Crippen LogP contribution in [0.15, 0.2) is 36.4 Å². The second-order valence-corrected chi connectivity index (χ2v) is 8.62. The molecule has 2 amide bonds. The number of amides is 2. The van der Waals surface area contributed by atoms with E-state index < -0.39 is 42.1 Å². The van der Waals surface area contributed by atoms with Crippen molar-refractivity contribution in [3.05, 3.63) is 58.7 Å². The first kappa shape index (κ1) is 28.1. The van der Waals surface area contributed by atoms with E-state index in [0.29, 0.717) is 19.4 Å². The number of hydrogen-bond acceptors (Lipinski definition) is 5. The fraction of sp³-hybridized carbons (Fsp3) is 0.440. The van der Waals surface area contributed by atoms with Crippen LogP contribution in [0.2, 0.25) is 0 Å². The molecule has 0 aliphatic rings. The number of benzene rings is 2. The van der Waals surface area contributed by atoms with Gasteiger partial charge in [0.05, 0.1) is 29.1 Å². The first-order valence-electron chi connectivity index (χ1n) is 11.4. The maximum Gasteiger partial charge on any atom is 0.416 e. The van der Waals surface area contributed by atoms with Gasteiger partial charge in [0.25, 0.3) is 0 Å². The number of hydrogen-bond donors (Lipinski definition) is 5. The highest BCUT2D eigenvalue weighted by atomic mass is 19.4. The van der Waals surface area contributed by atoms with Crippen LogP contribution in [-0.4, -0.2) is 35.6 Å². The van der Waals surface area contributed by atoms with Crippen molar-refractivity contribution < 1.29 is 27.9 Å². The van der Waals surface area contributed by atoms with E-state index in [2.05, 4.69) is 22.0 Å². The fourth-order valence-electron chi connectivity index (χ4n) is 3.63. The van der Waals surface area contributed by atoms with Crippen molar-refractivity contribution in [2.45, 2.75) is 64.9 Å². The average Bonchev–Trinajstić information content (AvgIpc) is 2.75. The standard InChI is InChI=1S/C25H33F3N4O3/c1-4-5-22(33)21(14-30-13-17-7-6-15(2)10-16(17)3)32-24(35)12-23(34)31-20-11-18(25(26,27)28)8-9-19(20)29/h6-11,21-22,30,33H,4-5,12-14,29H2,1-3H3,(H,31,34)(H,32,35)/t21-,22-/m0/s1. The van der Waals surface area contributed by atoms with Gasteiger partial charge in [-0.3, -0.25) is 9.59 Å². The molecule has 2 rings (SSSR count). The molecule has 0 spiro atoms. The van der Waals surface area contributed by atoms with Crippen molar-refractivity contribution in [3.8, 4) is 0 Å². The summed E-state index contributed by atoms with van der Waals surface area (Å²) in [7, 11) is 0. The third kappa shape index (κ3) is 8.88. The molecule has 0 heterocycles. The van der Waals surface area contributed by atoms with Gasteiger partial charge < -0.3 is 26.8 Å². The minimum absolute atomic E-state index is 0.0569. The Labute approximate surface area is 203 Å². The smallest absolute Gasteiger partial charge is 0.397 e. The number of aliphatic hydroxyl groups is 1. The molecule has 0 aromatic heterocycles. The van der Waals surface area contributed by atoms with Crippen LogP contribution in [0.1, 0.15) is 48.4 Å². The fourth-order valence-corrected chi connectivity index (χ4v) is 3.63. The molecule has 192 valence electrons. The van der Waals surface area contributed by atoms with E-state index in [1.54, 1.807) is 0 Å². The van der Waals surface area contributed by atoms with Crippen LogP contribution >= 0.6 is 0 Å². The number of nitrogens with one attached hydrogen (secondary N) is 3.